The highest BCUT2D eigenvalue weighted by Gasteiger charge is 2.65. The number of hydrogen-bond acceptors (Lipinski definition) is 2. The van der Waals surface area contributed by atoms with Gasteiger partial charge >= 0.3 is 6.09 Å². The van der Waals surface area contributed by atoms with Gasteiger partial charge in [-0.15, -0.1) is 0 Å². The second-order valence-corrected chi connectivity index (χ2v) is 7.22. The minimum Gasteiger partial charge on any atom is -0.435 e. The Balaban J connectivity index is 3.50. The predicted molar refractivity (Wildman–Crippen MR) is 68.9 cm³/mol. The van der Waals surface area contributed by atoms with Gasteiger partial charge < -0.3 is 5.11 Å². The number of hydrogen-bond donors (Lipinski definition) is 1. The van der Waals surface area contributed by atoms with Crippen LogP contribution in [0, 0.1) is 5.41 Å². The third-order valence-electron chi connectivity index (χ3n) is 3.88. The first-order valence-electron chi connectivity index (χ1n) is 6.22. The molecule has 1 aliphatic rings. The van der Waals surface area contributed by atoms with E-state index in [-0.39, 0.29) is 28.5 Å². The summed E-state index contributed by atoms with van der Waals surface area (Å²) in [5.41, 5.74) is -0.837. The van der Waals surface area contributed by atoms with E-state index in [9.17, 15) is 14.7 Å². The van der Waals surface area contributed by atoms with Gasteiger partial charge in [0.25, 0.3) is 5.91 Å². The Morgan fingerprint density at radius 3 is 1.94 bits per heavy atom. The Hall–Kier alpha value is -1.10. The van der Waals surface area contributed by atoms with Crippen molar-refractivity contribution in [2.24, 2.45) is 5.41 Å². The quantitative estimate of drug-likeness (QED) is 0.676. The number of nitrogens with zero attached hydrogens (tertiary/aromatic N) is 2. The third kappa shape index (κ3) is 1.90. The zero-order valence-electron chi connectivity index (χ0n) is 12.4. The molecular weight excluding hydrogens is 232 g/mol. The molecule has 1 fully saturated rings. The van der Waals surface area contributed by atoms with Gasteiger partial charge in [-0.3, -0.25) is 9.69 Å². The molecule has 2 amide bonds. The average molecular weight is 257 g/mol. The van der Waals surface area contributed by atoms with E-state index in [0.29, 0.717) is 0 Å². The molecule has 0 aliphatic carbocycles. The maximum Gasteiger partial charge on any atom is 0.516 e. The molecule has 0 aromatic heterocycles. The second-order valence-electron chi connectivity index (χ2n) is 7.22. The van der Waals surface area contributed by atoms with Crippen LogP contribution in [0.25, 0.3) is 0 Å². The van der Waals surface area contributed by atoms with Gasteiger partial charge in [-0.25, -0.2) is 0 Å². The molecule has 104 valence electrons. The molecule has 1 saturated heterocycles. The third-order valence-corrected chi connectivity index (χ3v) is 3.88. The lowest BCUT2D eigenvalue weighted by Crippen LogP contribution is -2.70. The number of likely N-dealkylation sites (N-methyl/N-ethyl adjacent to an activating group) is 1. The summed E-state index contributed by atoms with van der Waals surface area (Å²) in [6.45, 7) is 11.6. The van der Waals surface area contributed by atoms with Gasteiger partial charge in [0.05, 0.1) is 0 Å². The van der Waals surface area contributed by atoms with Crippen LogP contribution in [-0.4, -0.2) is 51.8 Å². The van der Waals surface area contributed by atoms with Crippen molar-refractivity contribution in [1.29, 1.82) is 0 Å². The molecule has 0 saturated carbocycles. The molecule has 0 aromatic rings. The molecule has 18 heavy (non-hydrogen) atoms. The van der Waals surface area contributed by atoms with Gasteiger partial charge in [-0.05, 0) is 20.8 Å². The fourth-order valence-corrected chi connectivity index (χ4v) is 3.15. The van der Waals surface area contributed by atoms with E-state index >= 15 is 0 Å². The fraction of sp³-hybridized carbons (Fsp3) is 0.846. The van der Waals surface area contributed by atoms with E-state index in [2.05, 4.69) is 0 Å². The number of amides is 2. The molecule has 2 atom stereocenters. The van der Waals surface area contributed by atoms with Crippen molar-refractivity contribution in [2.45, 2.75) is 53.2 Å². The number of quaternary nitrogens is 1. The van der Waals surface area contributed by atoms with E-state index in [0.717, 1.165) is 0 Å². The Labute approximate surface area is 109 Å². The van der Waals surface area contributed by atoms with Crippen LogP contribution in [0.4, 0.5) is 4.79 Å². The van der Waals surface area contributed by atoms with Crippen LogP contribution in [-0.2, 0) is 4.79 Å². The van der Waals surface area contributed by atoms with Crippen LogP contribution < -0.4 is 0 Å². The Kier molecular flexibility index (Phi) is 3.28. The van der Waals surface area contributed by atoms with Crippen molar-refractivity contribution >= 4 is 12.0 Å². The van der Waals surface area contributed by atoms with E-state index in [1.54, 1.807) is 11.9 Å². The van der Waals surface area contributed by atoms with Crippen LogP contribution >= 0.6 is 0 Å². The highest BCUT2D eigenvalue weighted by Crippen LogP contribution is 2.42. The van der Waals surface area contributed by atoms with Gasteiger partial charge in [0, 0.05) is 12.5 Å². The fourth-order valence-electron chi connectivity index (χ4n) is 3.15. The van der Waals surface area contributed by atoms with Crippen molar-refractivity contribution in [3.63, 3.8) is 0 Å². The number of rotatable bonds is 0. The SMILES string of the molecule is CN1C(=O)C[N+](C(=O)O)(C(C)(C)C)C1C(C)(C)C. The molecule has 5 nitrogen and oxygen atoms in total. The standard InChI is InChI=1S/C13H24N2O3/c1-12(2,3)10-14(7)9(16)8-15(10,11(17)18)13(4,5)6/h10H,8H2,1-7H3/p+1. The summed E-state index contributed by atoms with van der Waals surface area (Å²) in [6, 6.07) is 0. The van der Waals surface area contributed by atoms with Crippen molar-refractivity contribution < 1.29 is 19.2 Å². The molecular formula is C13H25N2O3+. The van der Waals surface area contributed by atoms with Crippen LogP contribution in [0.1, 0.15) is 41.5 Å². The predicted octanol–water partition coefficient (Wildman–Crippen LogP) is 2.12. The normalized spacial score (nSPS) is 29.8. The second kappa shape index (κ2) is 3.95. The van der Waals surface area contributed by atoms with E-state index in [1.165, 1.54) is 0 Å². The molecule has 2 unspecified atom stereocenters. The maximum absolute atomic E-state index is 12.0. The molecule has 0 aromatic carbocycles. The van der Waals surface area contributed by atoms with Gasteiger partial charge in [-0.1, -0.05) is 20.8 Å². The minimum absolute atomic E-state index is 0.0251. The molecule has 0 spiro atoms. The van der Waals surface area contributed by atoms with E-state index < -0.39 is 11.6 Å². The first-order valence-corrected chi connectivity index (χ1v) is 6.22. The van der Waals surface area contributed by atoms with Gasteiger partial charge in [0.2, 0.25) is 0 Å². The summed E-state index contributed by atoms with van der Waals surface area (Å²) in [5.74, 6) is -0.104. The van der Waals surface area contributed by atoms with Gasteiger partial charge in [-0.2, -0.15) is 9.28 Å². The Morgan fingerprint density at radius 2 is 1.72 bits per heavy atom. The smallest absolute Gasteiger partial charge is 0.435 e. The zero-order valence-corrected chi connectivity index (χ0v) is 12.4. The van der Waals surface area contributed by atoms with Crippen molar-refractivity contribution in [2.75, 3.05) is 13.6 Å². The van der Waals surface area contributed by atoms with Crippen molar-refractivity contribution in [3.05, 3.63) is 0 Å². The highest BCUT2D eigenvalue weighted by molar-refractivity contribution is 5.81. The minimum atomic E-state index is -0.930. The van der Waals surface area contributed by atoms with Crippen molar-refractivity contribution in [3.8, 4) is 0 Å². The zero-order chi connectivity index (χ0) is 14.5. The largest absolute Gasteiger partial charge is 0.516 e. The lowest BCUT2D eigenvalue weighted by molar-refractivity contribution is -0.925. The summed E-state index contributed by atoms with van der Waals surface area (Å²) in [5, 5.41) is 9.76. The number of carbonyl (C=O) groups is 2. The molecule has 5 heteroatoms. The molecule has 1 aliphatic heterocycles. The average Bonchev–Trinajstić information content (AvgIpc) is 2.38. The number of carbonyl (C=O) groups excluding carboxylic acids is 1. The number of carboxylic acid groups (broad SMARTS) is 1. The summed E-state index contributed by atoms with van der Waals surface area (Å²) in [7, 11) is 1.70. The Bertz CT molecular complexity index is 379. The van der Waals surface area contributed by atoms with Crippen LogP contribution in [0.15, 0.2) is 0 Å². The lowest BCUT2D eigenvalue weighted by Gasteiger charge is -2.48. The first kappa shape index (κ1) is 15.0. The van der Waals surface area contributed by atoms with Gasteiger partial charge in [0.1, 0.15) is 5.54 Å². The summed E-state index contributed by atoms with van der Waals surface area (Å²) < 4.78 is -0.230. The summed E-state index contributed by atoms with van der Waals surface area (Å²) in [4.78, 5) is 25.6. The molecule has 1 N–H and O–H groups in total. The highest BCUT2D eigenvalue weighted by atomic mass is 16.4. The van der Waals surface area contributed by atoms with E-state index in [1.807, 2.05) is 41.5 Å². The van der Waals surface area contributed by atoms with Crippen molar-refractivity contribution in [1.82, 2.24) is 4.90 Å². The maximum atomic E-state index is 12.0. The first-order chi connectivity index (χ1) is 7.85. The van der Waals surface area contributed by atoms with E-state index in [4.69, 9.17) is 0 Å². The molecule has 0 bridgehead atoms. The molecule has 1 rings (SSSR count). The lowest BCUT2D eigenvalue weighted by atomic mass is 9.86. The van der Waals surface area contributed by atoms with Crippen LogP contribution in [0.2, 0.25) is 0 Å². The van der Waals surface area contributed by atoms with Gasteiger partial charge in [0.15, 0.2) is 12.7 Å². The molecule has 1 heterocycles. The summed E-state index contributed by atoms with van der Waals surface area (Å²) >= 11 is 0. The topological polar surface area (TPSA) is 57.6 Å². The Morgan fingerprint density at radius 1 is 1.28 bits per heavy atom. The molecule has 0 radical (unpaired) electrons. The van der Waals surface area contributed by atoms with Crippen LogP contribution in [0.5, 0.6) is 0 Å². The van der Waals surface area contributed by atoms with Crippen LogP contribution in [0.3, 0.4) is 0 Å². The summed E-state index contributed by atoms with van der Waals surface area (Å²) in [6.07, 6.45) is -1.29. The monoisotopic (exact) mass is 257 g/mol.